The molecule has 1 amide bonds. The van der Waals surface area contributed by atoms with E-state index in [2.05, 4.69) is 4.99 Å². The predicted molar refractivity (Wildman–Crippen MR) is 67.5 cm³/mol. The molecular weight excluding hydrogens is 216 g/mol. The number of aliphatic imine (C=N–C) groups is 1. The fraction of sp³-hybridized carbons (Fsp3) is 0.333. The molecule has 0 bridgehead atoms. The molecule has 1 aromatic rings. The average molecular weight is 232 g/mol. The maximum absolute atomic E-state index is 11.5. The second-order valence-electron chi connectivity index (χ2n) is 4.06. The van der Waals surface area contributed by atoms with Gasteiger partial charge in [-0.25, -0.2) is 4.99 Å². The Kier molecular flexibility index (Phi) is 3.27. The molecule has 0 aliphatic carbocycles. The summed E-state index contributed by atoms with van der Waals surface area (Å²) in [4.78, 5) is 17.3. The maximum atomic E-state index is 11.5. The Labute approximate surface area is 100 Å². The van der Waals surface area contributed by atoms with Gasteiger partial charge in [0.1, 0.15) is 0 Å². The van der Waals surface area contributed by atoms with Gasteiger partial charge >= 0.3 is 0 Å². The molecule has 5 heteroatoms. The van der Waals surface area contributed by atoms with Crippen LogP contribution in [0.4, 0.5) is 5.69 Å². The highest BCUT2D eigenvalue weighted by Gasteiger charge is 2.21. The van der Waals surface area contributed by atoms with Crippen LogP contribution in [0, 0.1) is 0 Å². The zero-order valence-electron chi connectivity index (χ0n) is 9.60. The Morgan fingerprint density at radius 3 is 2.53 bits per heavy atom. The third-order valence-corrected chi connectivity index (χ3v) is 2.77. The molecule has 0 unspecified atom stereocenters. The molecule has 5 nitrogen and oxygen atoms in total. The third-order valence-electron chi connectivity index (χ3n) is 2.77. The standard InChI is InChI=1S/C12H16N4O/c13-12(14)15-8-9-3-5-10(6-4-9)16-7-1-2-11(16)17/h3-6H,1-2,7-8H2,(H4,13,14,15). The van der Waals surface area contributed by atoms with Crippen LogP contribution in [0.1, 0.15) is 18.4 Å². The number of carbonyl (C=O) groups excluding carboxylic acids is 1. The summed E-state index contributed by atoms with van der Waals surface area (Å²) in [5.41, 5.74) is 12.5. The van der Waals surface area contributed by atoms with Crippen molar-refractivity contribution in [3.8, 4) is 0 Å². The number of nitrogens with two attached hydrogens (primary N) is 2. The summed E-state index contributed by atoms with van der Waals surface area (Å²) >= 11 is 0. The summed E-state index contributed by atoms with van der Waals surface area (Å²) < 4.78 is 0. The van der Waals surface area contributed by atoms with E-state index in [-0.39, 0.29) is 11.9 Å². The number of anilines is 1. The summed E-state index contributed by atoms with van der Waals surface area (Å²) in [6, 6.07) is 7.74. The maximum Gasteiger partial charge on any atom is 0.227 e. The normalized spacial score (nSPS) is 15.1. The molecule has 1 fully saturated rings. The van der Waals surface area contributed by atoms with E-state index < -0.39 is 0 Å². The van der Waals surface area contributed by atoms with E-state index in [4.69, 9.17) is 11.5 Å². The summed E-state index contributed by atoms with van der Waals surface area (Å²) in [5, 5.41) is 0. The number of carbonyl (C=O) groups is 1. The summed E-state index contributed by atoms with van der Waals surface area (Å²) in [7, 11) is 0. The largest absolute Gasteiger partial charge is 0.370 e. The van der Waals surface area contributed by atoms with E-state index in [1.807, 2.05) is 29.2 Å². The second-order valence-corrected chi connectivity index (χ2v) is 4.06. The van der Waals surface area contributed by atoms with Gasteiger partial charge in [0.2, 0.25) is 5.91 Å². The van der Waals surface area contributed by atoms with Crippen molar-refractivity contribution in [1.82, 2.24) is 0 Å². The fourth-order valence-electron chi connectivity index (χ4n) is 1.89. The van der Waals surface area contributed by atoms with Gasteiger partial charge in [-0.15, -0.1) is 0 Å². The molecule has 0 spiro atoms. The van der Waals surface area contributed by atoms with E-state index in [1.54, 1.807) is 0 Å². The van der Waals surface area contributed by atoms with Gasteiger partial charge in [-0.1, -0.05) is 12.1 Å². The van der Waals surface area contributed by atoms with E-state index in [1.165, 1.54) is 0 Å². The van der Waals surface area contributed by atoms with Crippen LogP contribution in [0.5, 0.6) is 0 Å². The summed E-state index contributed by atoms with van der Waals surface area (Å²) in [5.74, 6) is 0.283. The van der Waals surface area contributed by atoms with Crippen LogP contribution in [0.2, 0.25) is 0 Å². The van der Waals surface area contributed by atoms with E-state index in [0.717, 1.165) is 24.2 Å². The molecule has 1 aromatic carbocycles. The second kappa shape index (κ2) is 4.86. The lowest BCUT2D eigenvalue weighted by Gasteiger charge is -2.15. The van der Waals surface area contributed by atoms with Crippen molar-refractivity contribution in [3.05, 3.63) is 29.8 Å². The summed E-state index contributed by atoms with van der Waals surface area (Å²) in [6.45, 7) is 1.28. The van der Waals surface area contributed by atoms with Gasteiger partial charge in [-0.2, -0.15) is 0 Å². The molecule has 1 heterocycles. The van der Waals surface area contributed by atoms with Crippen LogP contribution in [0.25, 0.3) is 0 Å². The van der Waals surface area contributed by atoms with Crippen LogP contribution < -0.4 is 16.4 Å². The van der Waals surface area contributed by atoms with E-state index in [9.17, 15) is 4.79 Å². The minimum Gasteiger partial charge on any atom is -0.370 e. The Bertz CT molecular complexity index is 434. The SMILES string of the molecule is NC(N)=NCc1ccc(N2CCCC2=O)cc1. The highest BCUT2D eigenvalue weighted by atomic mass is 16.2. The smallest absolute Gasteiger partial charge is 0.227 e. The Morgan fingerprint density at radius 1 is 1.29 bits per heavy atom. The molecule has 90 valence electrons. The number of benzene rings is 1. The van der Waals surface area contributed by atoms with E-state index >= 15 is 0 Å². The number of amides is 1. The average Bonchev–Trinajstić information content (AvgIpc) is 2.73. The Hall–Kier alpha value is -2.04. The van der Waals surface area contributed by atoms with Gasteiger partial charge in [0.15, 0.2) is 5.96 Å². The molecule has 4 N–H and O–H groups in total. The van der Waals surface area contributed by atoms with Crippen LogP contribution in [0.3, 0.4) is 0 Å². The van der Waals surface area contributed by atoms with Gasteiger partial charge in [0.25, 0.3) is 0 Å². The molecule has 17 heavy (non-hydrogen) atoms. The first kappa shape index (κ1) is 11.4. The van der Waals surface area contributed by atoms with Crippen molar-refractivity contribution in [2.45, 2.75) is 19.4 Å². The number of hydrogen-bond donors (Lipinski definition) is 2. The van der Waals surface area contributed by atoms with Crippen molar-refractivity contribution in [2.24, 2.45) is 16.5 Å². The van der Waals surface area contributed by atoms with Crippen molar-refractivity contribution < 1.29 is 4.79 Å². The first-order valence-electron chi connectivity index (χ1n) is 5.61. The predicted octanol–water partition coefficient (Wildman–Crippen LogP) is 0.587. The molecular formula is C12H16N4O. The number of hydrogen-bond acceptors (Lipinski definition) is 2. The molecule has 1 aliphatic heterocycles. The lowest BCUT2D eigenvalue weighted by molar-refractivity contribution is -0.117. The molecule has 0 radical (unpaired) electrons. The number of rotatable bonds is 3. The van der Waals surface area contributed by atoms with Crippen molar-refractivity contribution in [2.75, 3.05) is 11.4 Å². The topological polar surface area (TPSA) is 84.7 Å². The highest BCUT2D eigenvalue weighted by molar-refractivity contribution is 5.95. The fourth-order valence-corrected chi connectivity index (χ4v) is 1.89. The zero-order chi connectivity index (χ0) is 12.3. The minimum atomic E-state index is 0.0868. The van der Waals surface area contributed by atoms with Gasteiger partial charge in [0, 0.05) is 18.7 Å². The van der Waals surface area contributed by atoms with Crippen LogP contribution >= 0.6 is 0 Å². The molecule has 0 atom stereocenters. The van der Waals surface area contributed by atoms with E-state index in [0.29, 0.717) is 13.0 Å². The first-order valence-corrected chi connectivity index (χ1v) is 5.61. The lowest BCUT2D eigenvalue weighted by Crippen LogP contribution is -2.23. The number of guanidine groups is 1. The van der Waals surface area contributed by atoms with Crippen LogP contribution in [-0.4, -0.2) is 18.4 Å². The molecule has 2 rings (SSSR count). The van der Waals surface area contributed by atoms with Crippen LogP contribution in [0.15, 0.2) is 29.3 Å². The number of nitrogens with zero attached hydrogens (tertiary/aromatic N) is 2. The first-order chi connectivity index (χ1) is 8.16. The van der Waals surface area contributed by atoms with Gasteiger partial charge in [0.05, 0.1) is 6.54 Å². The molecule has 0 aromatic heterocycles. The van der Waals surface area contributed by atoms with Crippen LogP contribution in [-0.2, 0) is 11.3 Å². The molecule has 1 aliphatic rings. The lowest BCUT2D eigenvalue weighted by atomic mass is 10.2. The summed E-state index contributed by atoms with van der Waals surface area (Å²) in [6.07, 6.45) is 1.59. The highest BCUT2D eigenvalue weighted by Crippen LogP contribution is 2.21. The van der Waals surface area contributed by atoms with Crippen molar-refractivity contribution in [3.63, 3.8) is 0 Å². The minimum absolute atomic E-state index is 0.0868. The Balaban J connectivity index is 2.07. The van der Waals surface area contributed by atoms with Crippen molar-refractivity contribution in [1.29, 1.82) is 0 Å². The Morgan fingerprint density at radius 2 is 2.00 bits per heavy atom. The van der Waals surface area contributed by atoms with Gasteiger partial charge < -0.3 is 16.4 Å². The quantitative estimate of drug-likeness (QED) is 0.590. The van der Waals surface area contributed by atoms with Gasteiger partial charge in [-0.3, -0.25) is 4.79 Å². The molecule has 0 saturated carbocycles. The zero-order valence-corrected chi connectivity index (χ0v) is 9.60. The van der Waals surface area contributed by atoms with Crippen molar-refractivity contribution >= 4 is 17.6 Å². The third kappa shape index (κ3) is 2.75. The molecule has 1 saturated heterocycles. The monoisotopic (exact) mass is 232 g/mol. The van der Waals surface area contributed by atoms with Gasteiger partial charge in [-0.05, 0) is 24.1 Å².